The summed E-state index contributed by atoms with van der Waals surface area (Å²) in [5, 5.41) is 2.51. The minimum atomic E-state index is 0.766. The Balaban J connectivity index is 0.947. The lowest BCUT2D eigenvalue weighted by atomic mass is 9.97. The van der Waals surface area contributed by atoms with E-state index in [9.17, 15) is 0 Å². The average molecular weight is 825 g/mol. The number of hydrogen-bond acceptors (Lipinski definition) is 1. The minimum Gasteiger partial charge on any atom is -0.336 e. The smallest absolute Gasteiger partial charge is 0.0494 e. The van der Waals surface area contributed by atoms with E-state index in [0.29, 0.717) is 0 Å². The van der Waals surface area contributed by atoms with Gasteiger partial charge < -0.3 is 9.47 Å². The predicted molar refractivity (Wildman–Crippen MR) is 276 cm³/mol. The van der Waals surface area contributed by atoms with Crippen molar-refractivity contribution < 1.29 is 0 Å². The van der Waals surface area contributed by atoms with E-state index in [0.717, 1.165) is 73.3 Å². The maximum atomic E-state index is 5.60. The molecule has 0 saturated heterocycles. The Morgan fingerprint density at radius 1 is 0.594 bits per heavy atom. The molecule has 0 bridgehead atoms. The van der Waals surface area contributed by atoms with E-state index in [4.69, 9.17) is 6.42 Å². The molecule has 10 rings (SSSR count). The van der Waals surface area contributed by atoms with Gasteiger partial charge in [-0.1, -0.05) is 139 Å². The second-order valence-electron chi connectivity index (χ2n) is 16.9. The summed E-state index contributed by atoms with van der Waals surface area (Å²) >= 11 is 0. The van der Waals surface area contributed by atoms with Crippen LogP contribution in [0, 0.1) is 12.3 Å². The predicted octanol–water partition coefficient (Wildman–Crippen LogP) is 16.8. The van der Waals surface area contributed by atoms with E-state index >= 15 is 0 Å². The number of rotatable bonds is 11. The van der Waals surface area contributed by atoms with Crippen LogP contribution in [0.2, 0.25) is 0 Å². The van der Waals surface area contributed by atoms with Crippen molar-refractivity contribution in [2.45, 2.75) is 52.0 Å². The van der Waals surface area contributed by atoms with E-state index < -0.39 is 0 Å². The molecule has 0 radical (unpaired) electrons. The number of benzene rings is 6. The molecule has 0 fully saturated rings. The zero-order valence-corrected chi connectivity index (χ0v) is 36.6. The van der Waals surface area contributed by atoms with E-state index in [1.165, 1.54) is 71.9 Å². The summed E-state index contributed by atoms with van der Waals surface area (Å²) in [5.41, 5.74) is 19.6. The first kappa shape index (κ1) is 40.5. The molecule has 3 aliphatic carbocycles. The van der Waals surface area contributed by atoms with Crippen LogP contribution >= 0.6 is 0 Å². The summed E-state index contributed by atoms with van der Waals surface area (Å²) in [4.78, 5) is 2.37. The molecule has 2 heteroatoms. The largest absolute Gasteiger partial charge is 0.336 e. The molecule has 3 aliphatic rings. The maximum Gasteiger partial charge on any atom is 0.0494 e. The van der Waals surface area contributed by atoms with Crippen LogP contribution in [0.1, 0.15) is 73.3 Å². The van der Waals surface area contributed by atoms with Gasteiger partial charge in [-0.2, -0.15) is 0 Å². The zero-order chi connectivity index (χ0) is 43.2. The Bertz CT molecular complexity index is 3140. The molecule has 0 amide bonds. The van der Waals surface area contributed by atoms with Crippen molar-refractivity contribution in [3.8, 4) is 23.5 Å². The lowest BCUT2D eigenvalue weighted by Gasteiger charge is -2.26. The molecule has 0 spiro atoms. The minimum absolute atomic E-state index is 0.766. The van der Waals surface area contributed by atoms with E-state index in [2.05, 4.69) is 217 Å². The van der Waals surface area contributed by atoms with Crippen LogP contribution in [0.4, 0.5) is 17.1 Å². The molecule has 0 unspecified atom stereocenters. The Morgan fingerprint density at radius 3 is 1.73 bits per heavy atom. The SMILES string of the molecule is C#C/C=C\C(=C/C)c1ccc2c(c1)c1cc(C3=CCCC=C3)ccc1n2Cc1ccc(-c2ccc(N(c3ccc(C4=CCCC=C4)cc3)c3ccc(C4=CC=CCC4)cc3)cc2)cc1. The van der Waals surface area contributed by atoms with Crippen LogP contribution in [-0.4, -0.2) is 4.57 Å². The molecule has 0 saturated carbocycles. The Labute approximate surface area is 378 Å². The Kier molecular flexibility index (Phi) is 11.6. The van der Waals surface area contributed by atoms with Gasteiger partial charge in [-0.3, -0.25) is 0 Å². The van der Waals surface area contributed by atoms with Crippen LogP contribution in [0.25, 0.3) is 55.2 Å². The maximum absolute atomic E-state index is 5.60. The van der Waals surface area contributed by atoms with E-state index in [1.54, 1.807) is 6.08 Å². The third-order valence-electron chi connectivity index (χ3n) is 12.9. The molecule has 64 heavy (non-hydrogen) atoms. The summed E-state index contributed by atoms with van der Waals surface area (Å²) < 4.78 is 2.47. The second kappa shape index (κ2) is 18.4. The quantitative estimate of drug-likeness (QED) is 0.0932. The number of fused-ring (bicyclic) bond motifs is 3. The summed E-state index contributed by atoms with van der Waals surface area (Å²) in [6.07, 6.45) is 38.5. The highest BCUT2D eigenvalue weighted by Crippen LogP contribution is 2.39. The molecular weight excluding hydrogens is 773 g/mol. The third kappa shape index (κ3) is 8.34. The molecular formula is C62H52N2. The molecule has 0 N–H and O–H groups in total. The van der Waals surface area contributed by atoms with Crippen molar-refractivity contribution >= 4 is 61.2 Å². The fourth-order valence-electron chi connectivity index (χ4n) is 9.49. The number of nitrogens with zero attached hydrogens (tertiary/aromatic N) is 2. The van der Waals surface area contributed by atoms with Gasteiger partial charge in [0.1, 0.15) is 0 Å². The molecule has 1 aromatic heterocycles. The van der Waals surface area contributed by atoms with Crippen molar-refractivity contribution in [1.29, 1.82) is 0 Å². The van der Waals surface area contributed by atoms with Crippen LogP contribution in [0.15, 0.2) is 206 Å². The highest BCUT2D eigenvalue weighted by molar-refractivity contribution is 6.10. The molecule has 2 nitrogen and oxygen atoms in total. The zero-order valence-electron chi connectivity index (χ0n) is 36.6. The highest BCUT2D eigenvalue weighted by Gasteiger charge is 2.17. The van der Waals surface area contributed by atoms with Crippen molar-refractivity contribution in [2.75, 3.05) is 4.90 Å². The summed E-state index contributed by atoms with van der Waals surface area (Å²) in [5.74, 6) is 2.65. The molecule has 6 aromatic carbocycles. The first-order chi connectivity index (χ1) is 31.6. The number of aromatic nitrogens is 1. The fourth-order valence-corrected chi connectivity index (χ4v) is 9.49. The van der Waals surface area contributed by atoms with Gasteiger partial charge in [-0.15, -0.1) is 6.42 Å². The Morgan fingerprint density at radius 2 is 1.16 bits per heavy atom. The Hall–Kier alpha value is -7.60. The second-order valence-corrected chi connectivity index (χ2v) is 16.9. The van der Waals surface area contributed by atoms with Crippen molar-refractivity contribution in [3.63, 3.8) is 0 Å². The summed E-state index contributed by atoms with van der Waals surface area (Å²) in [6.45, 7) is 2.83. The highest BCUT2D eigenvalue weighted by atomic mass is 15.1. The first-order valence-electron chi connectivity index (χ1n) is 22.8. The third-order valence-corrected chi connectivity index (χ3v) is 12.9. The lowest BCUT2D eigenvalue weighted by Crippen LogP contribution is -2.10. The van der Waals surface area contributed by atoms with Crippen LogP contribution in [-0.2, 0) is 6.54 Å². The fraction of sp³-hybridized carbons (Fsp3) is 0.129. The van der Waals surface area contributed by atoms with Gasteiger partial charge in [0.05, 0.1) is 0 Å². The number of hydrogen-bond donors (Lipinski definition) is 0. The van der Waals surface area contributed by atoms with Crippen LogP contribution in [0.3, 0.4) is 0 Å². The normalized spacial score (nSPS) is 15.1. The van der Waals surface area contributed by atoms with Gasteiger partial charge in [0.2, 0.25) is 0 Å². The average Bonchev–Trinajstić information content (AvgIpc) is 3.67. The van der Waals surface area contributed by atoms with E-state index in [-0.39, 0.29) is 0 Å². The summed E-state index contributed by atoms with van der Waals surface area (Å²) in [7, 11) is 0. The van der Waals surface area contributed by atoms with Crippen LogP contribution in [0.5, 0.6) is 0 Å². The molecule has 1 heterocycles. The number of allylic oxidation sites excluding steroid dienone is 16. The lowest BCUT2D eigenvalue weighted by molar-refractivity contribution is 0.869. The van der Waals surface area contributed by atoms with Gasteiger partial charge in [0.25, 0.3) is 0 Å². The van der Waals surface area contributed by atoms with E-state index in [1.807, 2.05) is 6.08 Å². The molecule has 310 valence electrons. The van der Waals surface area contributed by atoms with Crippen LogP contribution < -0.4 is 4.90 Å². The molecule has 0 atom stereocenters. The van der Waals surface area contributed by atoms with Gasteiger partial charge in [0.15, 0.2) is 0 Å². The molecule has 0 aliphatic heterocycles. The van der Waals surface area contributed by atoms with Gasteiger partial charge in [-0.25, -0.2) is 0 Å². The van der Waals surface area contributed by atoms with Crippen molar-refractivity contribution in [2.24, 2.45) is 0 Å². The topological polar surface area (TPSA) is 8.17 Å². The van der Waals surface area contributed by atoms with Gasteiger partial charge >= 0.3 is 0 Å². The first-order valence-corrected chi connectivity index (χ1v) is 22.8. The number of anilines is 3. The summed E-state index contributed by atoms with van der Waals surface area (Å²) in [6, 6.07) is 50.0. The van der Waals surface area contributed by atoms with Gasteiger partial charge in [0, 0.05) is 45.4 Å². The van der Waals surface area contributed by atoms with Crippen molar-refractivity contribution in [3.05, 3.63) is 234 Å². The monoisotopic (exact) mass is 824 g/mol. The van der Waals surface area contributed by atoms with Gasteiger partial charge in [-0.05, 0) is 180 Å². The molecule has 7 aromatic rings. The number of terminal acetylenes is 1. The van der Waals surface area contributed by atoms with Crippen molar-refractivity contribution in [1.82, 2.24) is 4.57 Å². The standard InChI is InChI=1S/C62H52N2/c1-3-5-15-46(4-2)54-32-40-61-59(42-54)60-43-55(49-20-13-8-14-21-49)33-41-62(60)63(61)44-45-22-24-50(25-23-45)53-30-38-58(39-31-53)64(56-34-26-51(27-35-56)47-16-9-6-10-17-47)57-36-28-52(29-37-57)48-18-11-7-12-19-48/h1,4-6,9,11,13,15-16,18-43H,7-8,10,12,14,17,44H2,2H3/b15-5-,46-4+.